The standard InChI is InChI=1S/C17H26N4O2/c1-12(2)19-17(23)20-14-7-4-6-13(10-14)16(22)21-9-5-8-15(11-21)18-3/h4,6-7,10,12,15,18H,5,8-9,11H2,1-3H3,(H2,19,20,23). The molecule has 0 spiro atoms. The molecule has 1 heterocycles. The second-order valence-electron chi connectivity index (χ2n) is 6.21. The van der Waals surface area contributed by atoms with E-state index < -0.39 is 0 Å². The summed E-state index contributed by atoms with van der Waals surface area (Å²) in [5.74, 6) is 0.0119. The van der Waals surface area contributed by atoms with E-state index in [1.165, 1.54) is 0 Å². The van der Waals surface area contributed by atoms with E-state index in [9.17, 15) is 9.59 Å². The predicted molar refractivity (Wildman–Crippen MR) is 91.7 cm³/mol. The van der Waals surface area contributed by atoms with Gasteiger partial charge in [0.15, 0.2) is 0 Å². The molecular formula is C17H26N4O2. The molecule has 0 aromatic heterocycles. The second kappa shape index (κ2) is 7.97. The molecule has 3 N–H and O–H groups in total. The molecule has 1 aromatic rings. The lowest BCUT2D eigenvalue weighted by molar-refractivity contribution is 0.0698. The van der Waals surface area contributed by atoms with Gasteiger partial charge >= 0.3 is 6.03 Å². The molecule has 0 bridgehead atoms. The molecule has 2 rings (SSSR count). The van der Waals surface area contributed by atoms with E-state index >= 15 is 0 Å². The fourth-order valence-electron chi connectivity index (χ4n) is 2.74. The number of hydrogen-bond donors (Lipinski definition) is 3. The highest BCUT2D eigenvalue weighted by Crippen LogP contribution is 2.16. The van der Waals surface area contributed by atoms with Gasteiger partial charge in [-0.2, -0.15) is 0 Å². The summed E-state index contributed by atoms with van der Waals surface area (Å²) in [6.45, 7) is 5.30. The molecule has 6 heteroatoms. The van der Waals surface area contributed by atoms with Crippen LogP contribution >= 0.6 is 0 Å². The van der Waals surface area contributed by atoms with Crippen molar-refractivity contribution in [2.45, 2.75) is 38.8 Å². The minimum absolute atomic E-state index is 0.0119. The van der Waals surface area contributed by atoms with Crippen molar-refractivity contribution in [3.63, 3.8) is 0 Å². The summed E-state index contributed by atoms with van der Waals surface area (Å²) in [5.41, 5.74) is 1.22. The van der Waals surface area contributed by atoms with Gasteiger partial charge in [-0.25, -0.2) is 4.79 Å². The maximum atomic E-state index is 12.6. The van der Waals surface area contributed by atoms with Crippen LogP contribution in [0.15, 0.2) is 24.3 Å². The van der Waals surface area contributed by atoms with Gasteiger partial charge in [0, 0.05) is 36.4 Å². The normalized spacial score (nSPS) is 17.9. The first kappa shape index (κ1) is 17.3. The molecule has 1 aromatic carbocycles. The highest BCUT2D eigenvalue weighted by Gasteiger charge is 2.23. The fourth-order valence-corrected chi connectivity index (χ4v) is 2.74. The van der Waals surface area contributed by atoms with E-state index in [1.807, 2.05) is 25.8 Å². The number of amides is 3. The zero-order valence-corrected chi connectivity index (χ0v) is 14.1. The number of nitrogens with one attached hydrogen (secondary N) is 3. The Balaban J connectivity index is 2.03. The number of rotatable bonds is 4. The topological polar surface area (TPSA) is 73.5 Å². The Morgan fingerprint density at radius 3 is 2.78 bits per heavy atom. The van der Waals surface area contributed by atoms with Crippen molar-refractivity contribution in [3.8, 4) is 0 Å². The van der Waals surface area contributed by atoms with Crippen molar-refractivity contribution in [1.29, 1.82) is 0 Å². The number of likely N-dealkylation sites (tertiary alicyclic amines) is 1. The van der Waals surface area contributed by atoms with Crippen molar-refractivity contribution in [3.05, 3.63) is 29.8 Å². The summed E-state index contributed by atoms with van der Waals surface area (Å²) in [7, 11) is 1.93. The molecule has 1 unspecified atom stereocenters. The lowest BCUT2D eigenvalue weighted by Crippen LogP contribution is -2.46. The molecule has 6 nitrogen and oxygen atoms in total. The number of carbonyl (C=O) groups is 2. The van der Waals surface area contributed by atoms with E-state index in [4.69, 9.17) is 0 Å². The van der Waals surface area contributed by atoms with Crippen LogP contribution in [0, 0.1) is 0 Å². The summed E-state index contributed by atoms with van der Waals surface area (Å²) < 4.78 is 0. The molecule has 1 aliphatic rings. The summed E-state index contributed by atoms with van der Waals surface area (Å²) in [5, 5.41) is 8.76. The summed E-state index contributed by atoms with van der Waals surface area (Å²) in [6.07, 6.45) is 2.10. The fraction of sp³-hybridized carbons (Fsp3) is 0.529. The molecule has 1 atom stereocenters. The van der Waals surface area contributed by atoms with Crippen molar-refractivity contribution in [2.24, 2.45) is 0 Å². The van der Waals surface area contributed by atoms with Gasteiger partial charge in [0.25, 0.3) is 5.91 Å². The number of piperidine rings is 1. The molecule has 3 amide bonds. The third kappa shape index (κ3) is 4.96. The number of nitrogens with zero attached hydrogens (tertiary/aromatic N) is 1. The summed E-state index contributed by atoms with van der Waals surface area (Å²) in [4.78, 5) is 26.3. The van der Waals surface area contributed by atoms with Crippen molar-refractivity contribution < 1.29 is 9.59 Å². The Kier molecular flexibility index (Phi) is 5.98. The largest absolute Gasteiger partial charge is 0.337 e. The van der Waals surface area contributed by atoms with Gasteiger partial charge < -0.3 is 20.9 Å². The Hall–Kier alpha value is -2.08. The molecule has 0 radical (unpaired) electrons. The zero-order chi connectivity index (χ0) is 16.8. The maximum Gasteiger partial charge on any atom is 0.319 e. The summed E-state index contributed by atoms with van der Waals surface area (Å²) >= 11 is 0. The molecule has 23 heavy (non-hydrogen) atoms. The first-order chi connectivity index (χ1) is 11.0. The Labute approximate surface area is 137 Å². The molecule has 1 aliphatic heterocycles. The van der Waals surface area contributed by atoms with Crippen LogP contribution in [0.25, 0.3) is 0 Å². The molecule has 0 aliphatic carbocycles. The van der Waals surface area contributed by atoms with Gasteiger partial charge in [-0.1, -0.05) is 6.07 Å². The van der Waals surface area contributed by atoms with E-state index in [-0.39, 0.29) is 18.0 Å². The third-order valence-corrected chi connectivity index (χ3v) is 3.90. The monoisotopic (exact) mass is 318 g/mol. The van der Waals surface area contributed by atoms with Crippen LogP contribution in [0.1, 0.15) is 37.0 Å². The first-order valence-corrected chi connectivity index (χ1v) is 8.13. The zero-order valence-electron chi connectivity index (χ0n) is 14.1. The van der Waals surface area contributed by atoms with Gasteiger partial charge in [0.05, 0.1) is 0 Å². The Bertz CT molecular complexity index is 559. The van der Waals surface area contributed by atoms with Crippen molar-refractivity contribution in [2.75, 3.05) is 25.5 Å². The van der Waals surface area contributed by atoms with E-state index in [0.29, 0.717) is 17.3 Å². The average molecular weight is 318 g/mol. The lowest BCUT2D eigenvalue weighted by Gasteiger charge is -2.32. The number of urea groups is 1. The minimum atomic E-state index is -0.266. The van der Waals surface area contributed by atoms with Crippen LogP contribution in [-0.4, -0.2) is 49.1 Å². The lowest BCUT2D eigenvalue weighted by atomic mass is 10.0. The number of carbonyl (C=O) groups excluding carboxylic acids is 2. The van der Waals surface area contributed by atoms with Crippen LogP contribution in [0.5, 0.6) is 0 Å². The maximum absolute atomic E-state index is 12.6. The highest BCUT2D eigenvalue weighted by atomic mass is 16.2. The highest BCUT2D eigenvalue weighted by molar-refractivity contribution is 5.97. The quantitative estimate of drug-likeness (QED) is 0.795. The Morgan fingerprint density at radius 1 is 1.30 bits per heavy atom. The van der Waals surface area contributed by atoms with Crippen LogP contribution in [0.3, 0.4) is 0 Å². The van der Waals surface area contributed by atoms with Crippen molar-refractivity contribution >= 4 is 17.6 Å². The predicted octanol–water partition coefficient (Wildman–Crippen LogP) is 2.04. The third-order valence-electron chi connectivity index (χ3n) is 3.90. The molecule has 1 saturated heterocycles. The molecule has 0 saturated carbocycles. The van der Waals surface area contributed by atoms with Gasteiger partial charge in [-0.15, -0.1) is 0 Å². The Morgan fingerprint density at radius 2 is 2.09 bits per heavy atom. The van der Waals surface area contributed by atoms with Gasteiger partial charge in [-0.3, -0.25) is 4.79 Å². The average Bonchev–Trinajstić information content (AvgIpc) is 2.53. The molecule has 126 valence electrons. The van der Waals surface area contributed by atoms with Gasteiger partial charge in [0.1, 0.15) is 0 Å². The van der Waals surface area contributed by atoms with Gasteiger partial charge in [0.2, 0.25) is 0 Å². The SMILES string of the molecule is CNC1CCCN(C(=O)c2cccc(NC(=O)NC(C)C)c2)C1. The summed E-state index contributed by atoms with van der Waals surface area (Å²) in [6, 6.07) is 7.23. The van der Waals surface area contributed by atoms with E-state index in [2.05, 4.69) is 16.0 Å². The minimum Gasteiger partial charge on any atom is -0.337 e. The van der Waals surface area contributed by atoms with Crippen LogP contribution < -0.4 is 16.0 Å². The van der Waals surface area contributed by atoms with Crippen LogP contribution in [-0.2, 0) is 0 Å². The van der Waals surface area contributed by atoms with Crippen LogP contribution in [0.2, 0.25) is 0 Å². The van der Waals surface area contributed by atoms with Gasteiger partial charge in [-0.05, 0) is 51.9 Å². The van der Waals surface area contributed by atoms with Crippen LogP contribution in [0.4, 0.5) is 10.5 Å². The molecule has 1 fully saturated rings. The number of likely N-dealkylation sites (N-methyl/N-ethyl adjacent to an activating group) is 1. The van der Waals surface area contributed by atoms with E-state index in [0.717, 1.165) is 25.9 Å². The molecular weight excluding hydrogens is 292 g/mol. The number of benzene rings is 1. The number of anilines is 1. The second-order valence-corrected chi connectivity index (χ2v) is 6.21. The number of hydrogen-bond acceptors (Lipinski definition) is 3. The van der Waals surface area contributed by atoms with Crippen molar-refractivity contribution in [1.82, 2.24) is 15.5 Å². The first-order valence-electron chi connectivity index (χ1n) is 8.13. The van der Waals surface area contributed by atoms with E-state index in [1.54, 1.807) is 24.3 Å². The smallest absolute Gasteiger partial charge is 0.319 e.